The van der Waals surface area contributed by atoms with Crippen LogP contribution in [0.5, 0.6) is 0 Å². The van der Waals surface area contributed by atoms with Gasteiger partial charge < -0.3 is 10.2 Å². The summed E-state index contributed by atoms with van der Waals surface area (Å²) in [5.41, 5.74) is 1.49. The summed E-state index contributed by atoms with van der Waals surface area (Å²) >= 11 is 0. The number of rotatable bonds is 1. The summed E-state index contributed by atoms with van der Waals surface area (Å²) in [5, 5.41) is 30.1. The number of nitriles is 1. The lowest BCUT2D eigenvalue weighted by molar-refractivity contribution is -0.0748. The van der Waals surface area contributed by atoms with Crippen molar-refractivity contribution in [3.8, 4) is 6.07 Å². The molecule has 4 aliphatic carbocycles. The van der Waals surface area contributed by atoms with Gasteiger partial charge in [0.25, 0.3) is 0 Å². The molecule has 0 saturated heterocycles. The Morgan fingerprint density at radius 2 is 2.00 bits per heavy atom. The van der Waals surface area contributed by atoms with Gasteiger partial charge in [0, 0.05) is 11.8 Å². The molecule has 3 heteroatoms. The fourth-order valence-corrected chi connectivity index (χ4v) is 6.88. The van der Waals surface area contributed by atoms with Gasteiger partial charge >= 0.3 is 0 Å². The lowest BCUT2D eigenvalue weighted by Crippen LogP contribution is -2.52. The van der Waals surface area contributed by atoms with Crippen LogP contribution in [0.2, 0.25) is 0 Å². The van der Waals surface area contributed by atoms with Gasteiger partial charge in [-0.15, -0.1) is 0 Å². The van der Waals surface area contributed by atoms with E-state index in [0.29, 0.717) is 24.2 Å². The third-order valence-corrected chi connectivity index (χ3v) is 8.15. The Morgan fingerprint density at radius 3 is 2.78 bits per heavy atom. The van der Waals surface area contributed by atoms with Gasteiger partial charge in [-0.3, -0.25) is 0 Å². The smallest absolute Gasteiger partial charge is 0.0631 e. The highest BCUT2D eigenvalue weighted by atomic mass is 16.3. The average molecular weight is 315 g/mol. The van der Waals surface area contributed by atoms with E-state index < -0.39 is 0 Å². The number of aliphatic hydroxyl groups is 2. The zero-order valence-corrected chi connectivity index (χ0v) is 14.2. The van der Waals surface area contributed by atoms with Crippen LogP contribution >= 0.6 is 0 Å². The van der Waals surface area contributed by atoms with Crippen molar-refractivity contribution in [3.05, 3.63) is 11.6 Å². The van der Waals surface area contributed by atoms with Crippen molar-refractivity contribution in [2.45, 2.75) is 76.9 Å². The van der Waals surface area contributed by atoms with E-state index >= 15 is 0 Å². The van der Waals surface area contributed by atoms with Crippen molar-refractivity contribution in [1.82, 2.24) is 0 Å². The van der Waals surface area contributed by atoms with Crippen molar-refractivity contribution >= 4 is 0 Å². The molecule has 4 aliphatic rings. The molecule has 0 bridgehead atoms. The van der Waals surface area contributed by atoms with Gasteiger partial charge in [-0.05, 0) is 74.5 Å². The van der Waals surface area contributed by atoms with Gasteiger partial charge in [-0.25, -0.2) is 0 Å². The van der Waals surface area contributed by atoms with E-state index in [0.717, 1.165) is 51.4 Å². The summed E-state index contributed by atoms with van der Waals surface area (Å²) in [7, 11) is 0. The van der Waals surface area contributed by atoms with E-state index in [2.05, 4.69) is 19.1 Å². The first kappa shape index (κ1) is 15.7. The van der Waals surface area contributed by atoms with Crippen LogP contribution in [0.25, 0.3) is 0 Å². The van der Waals surface area contributed by atoms with E-state index in [9.17, 15) is 15.5 Å². The first-order valence-electron chi connectivity index (χ1n) is 9.44. The quantitative estimate of drug-likeness (QED) is 0.727. The number of nitrogens with zero attached hydrogens (tertiary/aromatic N) is 1. The van der Waals surface area contributed by atoms with E-state index in [1.165, 1.54) is 5.57 Å². The van der Waals surface area contributed by atoms with Gasteiger partial charge in [0.1, 0.15) is 0 Å². The number of fused-ring (bicyclic) bond motifs is 5. The molecule has 3 fully saturated rings. The molecule has 0 aromatic heterocycles. The molecule has 7 atom stereocenters. The largest absolute Gasteiger partial charge is 0.393 e. The zero-order valence-electron chi connectivity index (χ0n) is 14.2. The second-order valence-corrected chi connectivity index (χ2v) is 8.87. The third kappa shape index (κ3) is 2.07. The second-order valence-electron chi connectivity index (χ2n) is 8.87. The molecule has 0 radical (unpaired) electrons. The van der Waals surface area contributed by atoms with Crippen molar-refractivity contribution in [3.63, 3.8) is 0 Å². The summed E-state index contributed by atoms with van der Waals surface area (Å²) in [5.74, 6) is 1.81. The van der Waals surface area contributed by atoms with Crippen LogP contribution in [0.15, 0.2) is 11.6 Å². The van der Waals surface area contributed by atoms with Crippen molar-refractivity contribution in [2.24, 2.45) is 28.6 Å². The monoisotopic (exact) mass is 315 g/mol. The number of aliphatic hydroxyl groups excluding tert-OH is 2. The Kier molecular flexibility index (Phi) is 3.63. The molecule has 2 unspecified atom stereocenters. The molecule has 0 heterocycles. The van der Waals surface area contributed by atoms with Gasteiger partial charge in [-0.2, -0.15) is 5.26 Å². The summed E-state index contributed by atoms with van der Waals surface area (Å²) < 4.78 is 0. The highest BCUT2D eigenvalue weighted by Gasteiger charge is 2.59. The normalized spacial score (nSPS) is 51.9. The summed E-state index contributed by atoms with van der Waals surface area (Å²) in [4.78, 5) is 0. The molecule has 2 N–H and O–H groups in total. The topological polar surface area (TPSA) is 64.2 Å². The molecular formula is C20H29NO2. The fourth-order valence-electron chi connectivity index (χ4n) is 6.88. The Balaban J connectivity index is 1.72. The van der Waals surface area contributed by atoms with E-state index in [-0.39, 0.29) is 23.0 Å². The predicted molar refractivity (Wildman–Crippen MR) is 88.3 cm³/mol. The van der Waals surface area contributed by atoms with Gasteiger partial charge in [0.05, 0.1) is 18.3 Å². The summed E-state index contributed by atoms with van der Waals surface area (Å²) in [6.07, 6.45) is 10.6. The SMILES string of the molecule is C[C@]12CC[C@@H]3[C@@H](CC=C4CC(O)CC[C@@]43CC#N)[C@@H]1CCC2O. The maximum atomic E-state index is 10.5. The molecule has 0 spiro atoms. The van der Waals surface area contributed by atoms with Crippen LogP contribution in [0.3, 0.4) is 0 Å². The summed E-state index contributed by atoms with van der Waals surface area (Å²) in [6, 6.07) is 2.48. The molecule has 3 nitrogen and oxygen atoms in total. The molecular weight excluding hydrogens is 286 g/mol. The molecule has 3 saturated carbocycles. The molecule has 4 rings (SSSR count). The Hall–Kier alpha value is -0.850. The highest BCUT2D eigenvalue weighted by molar-refractivity contribution is 5.28. The van der Waals surface area contributed by atoms with E-state index in [1.54, 1.807) is 0 Å². The lowest BCUT2D eigenvalue weighted by atomic mass is 9.46. The first-order chi connectivity index (χ1) is 11.0. The fraction of sp³-hybridized carbons (Fsp3) is 0.850. The number of hydrogen-bond donors (Lipinski definition) is 2. The minimum atomic E-state index is -0.216. The lowest BCUT2D eigenvalue weighted by Gasteiger charge is -2.58. The molecule has 0 aromatic carbocycles. The zero-order chi connectivity index (χ0) is 16.2. The average Bonchev–Trinajstić information content (AvgIpc) is 2.84. The summed E-state index contributed by atoms with van der Waals surface area (Å²) in [6.45, 7) is 2.30. The molecule has 0 amide bonds. The standard InChI is InChI=1S/C20H29NO2/c1-19-8-7-17-15(16(19)4-5-18(19)23)3-2-13-12-14(22)6-9-20(13,17)10-11-21/h2,14-18,22-23H,3-10,12H2,1H3/t14?,15-,16-,17+,18?,19-,20+/m0/s1. The van der Waals surface area contributed by atoms with Crippen LogP contribution in [0.1, 0.15) is 64.7 Å². The van der Waals surface area contributed by atoms with Crippen LogP contribution in [-0.4, -0.2) is 22.4 Å². The molecule has 0 aliphatic heterocycles. The van der Waals surface area contributed by atoms with E-state index in [4.69, 9.17) is 0 Å². The molecule has 0 aromatic rings. The second kappa shape index (κ2) is 5.33. The van der Waals surface area contributed by atoms with Gasteiger partial charge in [-0.1, -0.05) is 18.6 Å². The maximum Gasteiger partial charge on any atom is 0.0631 e. The molecule has 23 heavy (non-hydrogen) atoms. The van der Waals surface area contributed by atoms with Crippen LogP contribution in [-0.2, 0) is 0 Å². The highest BCUT2D eigenvalue weighted by Crippen LogP contribution is 2.65. The Bertz CT molecular complexity index is 564. The van der Waals surface area contributed by atoms with Crippen LogP contribution in [0, 0.1) is 39.9 Å². The van der Waals surface area contributed by atoms with Gasteiger partial charge in [0.2, 0.25) is 0 Å². The van der Waals surface area contributed by atoms with Crippen LogP contribution in [0.4, 0.5) is 0 Å². The number of allylic oxidation sites excluding steroid dienone is 1. The number of hydrogen-bond acceptors (Lipinski definition) is 3. The minimum Gasteiger partial charge on any atom is -0.393 e. The third-order valence-electron chi connectivity index (χ3n) is 8.15. The molecule has 126 valence electrons. The minimum absolute atomic E-state index is 0.0196. The van der Waals surface area contributed by atoms with Crippen molar-refractivity contribution < 1.29 is 10.2 Å². The van der Waals surface area contributed by atoms with Crippen LogP contribution < -0.4 is 0 Å². The van der Waals surface area contributed by atoms with E-state index in [1.807, 2.05) is 0 Å². The Labute approximate surface area is 139 Å². The van der Waals surface area contributed by atoms with Crippen molar-refractivity contribution in [1.29, 1.82) is 5.26 Å². The van der Waals surface area contributed by atoms with Crippen molar-refractivity contribution in [2.75, 3.05) is 0 Å². The van der Waals surface area contributed by atoms with Gasteiger partial charge in [0.15, 0.2) is 0 Å². The Morgan fingerprint density at radius 1 is 1.17 bits per heavy atom. The first-order valence-corrected chi connectivity index (χ1v) is 9.44. The maximum absolute atomic E-state index is 10.5. The predicted octanol–water partition coefficient (Wildman–Crippen LogP) is 3.56.